The van der Waals surface area contributed by atoms with E-state index in [9.17, 15) is 5.11 Å². The normalized spacial score (nSPS) is 12.4. The highest BCUT2D eigenvalue weighted by Gasteiger charge is 2.30. The number of para-hydroxylation sites is 3. The minimum absolute atomic E-state index is 0.186. The third-order valence-corrected chi connectivity index (χ3v) is 13.0. The summed E-state index contributed by atoms with van der Waals surface area (Å²) in [6.07, 6.45) is 1.94. The molecular formula is C59H53N3O2. The van der Waals surface area contributed by atoms with Gasteiger partial charge in [-0.05, 0) is 75.0 Å². The summed E-state index contributed by atoms with van der Waals surface area (Å²) in [6, 6.07) is 57.5. The minimum Gasteiger partial charge on any atom is -0.507 e. The molecule has 0 aliphatic carbocycles. The van der Waals surface area contributed by atoms with Crippen LogP contribution in [-0.4, -0.2) is 19.6 Å². The Morgan fingerprint density at radius 1 is 0.500 bits per heavy atom. The number of benzene rings is 7. The van der Waals surface area contributed by atoms with E-state index in [0.29, 0.717) is 11.4 Å². The van der Waals surface area contributed by atoms with Crippen molar-refractivity contribution in [3.05, 3.63) is 192 Å². The third kappa shape index (κ3) is 7.06. The summed E-state index contributed by atoms with van der Waals surface area (Å²) in [4.78, 5) is 10.8. The van der Waals surface area contributed by atoms with Gasteiger partial charge in [0.05, 0.1) is 28.0 Å². The standard InChI is InChI=1S/C59H53N3O2/c1-57(2,3)41-33-46(55(63)48(34-41)58(4,5)6)56-61-54-44(26-19-28-51(54)62(56)50-27-17-15-24-43(50)37-20-11-9-12-21-37)38-30-39(32-42(31-38)59(7,8)40-22-13-10-14-23-40)49-35-53-47(36-60-49)45-25-16-18-29-52(45)64-53/h9-36,63H,1-8H3. The second kappa shape index (κ2) is 15.2. The Bertz CT molecular complexity index is 3380. The first-order valence-corrected chi connectivity index (χ1v) is 22.2. The van der Waals surface area contributed by atoms with Crippen LogP contribution in [0.25, 0.3) is 83.6 Å². The molecule has 5 heteroatoms. The van der Waals surface area contributed by atoms with Crippen LogP contribution in [0.1, 0.15) is 77.6 Å². The predicted octanol–water partition coefficient (Wildman–Crippen LogP) is 15.6. The van der Waals surface area contributed by atoms with Crippen LogP contribution in [0.4, 0.5) is 0 Å². The molecule has 316 valence electrons. The molecule has 10 aromatic rings. The number of aromatic hydroxyl groups is 1. The van der Waals surface area contributed by atoms with E-state index in [-0.39, 0.29) is 22.0 Å². The lowest BCUT2D eigenvalue weighted by atomic mass is 9.76. The number of imidazole rings is 1. The summed E-state index contributed by atoms with van der Waals surface area (Å²) in [5.74, 6) is 0.926. The second-order valence-electron chi connectivity index (χ2n) is 19.7. The maximum atomic E-state index is 12.5. The fourth-order valence-electron chi connectivity index (χ4n) is 9.19. The van der Waals surface area contributed by atoms with Crippen LogP contribution in [0.5, 0.6) is 5.75 Å². The fourth-order valence-corrected chi connectivity index (χ4v) is 9.19. The fraction of sp³-hybridized carbons (Fsp3) is 0.186. The van der Waals surface area contributed by atoms with Crippen LogP contribution in [0.15, 0.2) is 174 Å². The van der Waals surface area contributed by atoms with Crippen molar-refractivity contribution in [1.82, 2.24) is 14.5 Å². The summed E-state index contributed by atoms with van der Waals surface area (Å²) in [6.45, 7) is 17.7. The molecule has 0 unspecified atom stereocenters. The van der Waals surface area contributed by atoms with Crippen LogP contribution < -0.4 is 0 Å². The highest BCUT2D eigenvalue weighted by molar-refractivity contribution is 6.05. The zero-order chi connectivity index (χ0) is 44.5. The second-order valence-corrected chi connectivity index (χ2v) is 19.7. The van der Waals surface area contributed by atoms with Gasteiger partial charge in [-0.25, -0.2) is 4.98 Å². The summed E-state index contributed by atoms with van der Waals surface area (Å²) < 4.78 is 8.65. The van der Waals surface area contributed by atoms with Gasteiger partial charge < -0.3 is 9.52 Å². The zero-order valence-corrected chi connectivity index (χ0v) is 37.9. The van der Waals surface area contributed by atoms with E-state index in [2.05, 4.69) is 199 Å². The van der Waals surface area contributed by atoms with Gasteiger partial charge in [0.2, 0.25) is 0 Å². The number of phenols is 1. The molecule has 5 nitrogen and oxygen atoms in total. The quantitative estimate of drug-likeness (QED) is 0.174. The van der Waals surface area contributed by atoms with E-state index >= 15 is 0 Å². The van der Waals surface area contributed by atoms with E-state index in [1.165, 1.54) is 5.56 Å². The summed E-state index contributed by atoms with van der Waals surface area (Å²) in [7, 11) is 0. The molecule has 0 bridgehead atoms. The molecule has 7 aromatic carbocycles. The largest absolute Gasteiger partial charge is 0.507 e. The summed E-state index contributed by atoms with van der Waals surface area (Å²) in [5.41, 5.74) is 14.6. The SMILES string of the molecule is CC(C)(C)c1cc(-c2nc3c(-c4cc(-c5cc6oc7ccccc7c6cn5)cc(C(C)(C)c5ccccc5)c4)cccc3n2-c2ccccc2-c2ccccc2)c(O)c(C(C)(C)C)c1. The molecule has 10 rings (SSSR count). The highest BCUT2D eigenvalue weighted by atomic mass is 16.3. The molecule has 0 aliphatic rings. The number of pyridine rings is 1. The number of fused-ring (bicyclic) bond motifs is 4. The van der Waals surface area contributed by atoms with Gasteiger partial charge >= 0.3 is 0 Å². The number of hydrogen-bond acceptors (Lipinski definition) is 4. The van der Waals surface area contributed by atoms with Crippen LogP contribution in [0.2, 0.25) is 0 Å². The van der Waals surface area contributed by atoms with E-state index in [0.717, 1.165) is 88.9 Å². The maximum Gasteiger partial charge on any atom is 0.149 e. The Labute approximate surface area is 375 Å². The molecule has 0 amide bonds. The van der Waals surface area contributed by atoms with E-state index < -0.39 is 0 Å². The lowest BCUT2D eigenvalue weighted by molar-refractivity contribution is 0.446. The zero-order valence-electron chi connectivity index (χ0n) is 37.9. The number of hydrogen-bond donors (Lipinski definition) is 1. The molecule has 0 fully saturated rings. The molecule has 0 saturated heterocycles. The minimum atomic E-state index is -0.356. The van der Waals surface area contributed by atoms with Gasteiger partial charge in [-0.15, -0.1) is 0 Å². The molecule has 1 N–H and O–H groups in total. The molecule has 3 heterocycles. The number of furan rings is 1. The maximum absolute atomic E-state index is 12.5. The van der Waals surface area contributed by atoms with Gasteiger partial charge in [0.15, 0.2) is 0 Å². The number of phenolic OH excluding ortho intramolecular Hbond substituents is 1. The third-order valence-electron chi connectivity index (χ3n) is 13.0. The summed E-state index contributed by atoms with van der Waals surface area (Å²) >= 11 is 0. The predicted molar refractivity (Wildman–Crippen MR) is 266 cm³/mol. The molecule has 3 aromatic heterocycles. The molecule has 0 spiro atoms. The average molecular weight is 836 g/mol. The Morgan fingerprint density at radius 2 is 1.17 bits per heavy atom. The summed E-state index contributed by atoms with van der Waals surface area (Å²) in [5, 5.41) is 14.5. The number of rotatable bonds is 7. The highest BCUT2D eigenvalue weighted by Crippen LogP contribution is 2.46. The van der Waals surface area contributed by atoms with Gasteiger partial charge in [0, 0.05) is 50.7 Å². The van der Waals surface area contributed by atoms with Crippen molar-refractivity contribution >= 4 is 33.0 Å². The topological polar surface area (TPSA) is 64.1 Å². The Morgan fingerprint density at radius 3 is 1.92 bits per heavy atom. The Balaban J connectivity index is 1.27. The van der Waals surface area contributed by atoms with Crippen molar-refractivity contribution in [2.24, 2.45) is 0 Å². The first-order chi connectivity index (χ1) is 30.7. The first-order valence-electron chi connectivity index (χ1n) is 22.2. The van der Waals surface area contributed by atoms with Gasteiger partial charge in [0.25, 0.3) is 0 Å². The van der Waals surface area contributed by atoms with Gasteiger partial charge in [-0.1, -0.05) is 177 Å². The molecule has 0 aliphatic heterocycles. The van der Waals surface area contributed by atoms with Crippen molar-refractivity contribution in [2.45, 2.75) is 71.6 Å². The monoisotopic (exact) mass is 835 g/mol. The Hall–Kier alpha value is -7.24. The smallest absolute Gasteiger partial charge is 0.149 e. The lowest BCUT2D eigenvalue weighted by Gasteiger charge is -2.27. The number of aromatic nitrogens is 3. The van der Waals surface area contributed by atoms with E-state index in [1.807, 2.05) is 30.5 Å². The van der Waals surface area contributed by atoms with Crippen LogP contribution in [-0.2, 0) is 16.2 Å². The first kappa shape index (κ1) is 40.8. The van der Waals surface area contributed by atoms with Crippen molar-refractivity contribution in [3.8, 4) is 56.3 Å². The van der Waals surface area contributed by atoms with Crippen molar-refractivity contribution in [1.29, 1.82) is 0 Å². The van der Waals surface area contributed by atoms with Crippen LogP contribution >= 0.6 is 0 Å². The van der Waals surface area contributed by atoms with Crippen LogP contribution in [0.3, 0.4) is 0 Å². The van der Waals surface area contributed by atoms with E-state index in [4.69, 9.17) is 14.4 Å². The molecule has 0 saturated carbocycles. The Kier molecular flexibility index (Phi) is 9.72. The van der Waals surface area contributed by atoms with Crippen molar-refractivity contribution in [2.75, 3.05) is 0 Å². The molecule has 64 heavy (non-hydrogen) atoms. The molecular weight excluding hydrogens is 783 g/mol. The van der Waals surface area contributed by atoms with Gasteiger partial charge in [-0.2, -0.15) is 0 Å². The molecule has 0 atom stereocenters. The van der Waals surface area contributed by atoms with E-state index in [1.54, 1.807) is 0 Å². The molecule has 0 radical (unpaired) electrons. The average Bonchev–Trinajstić information content (AvgIpc) is 3.87. The van der Waals surface area contributed by atoms with Crippen molar-refractivity contribution < 1.29 is 9.52 Å². The van der Waals surface area contributed by atoms with Crippen molar-refractivity contribution in [3.63, 3.8) is 0 Å². The van der Waals surface area contributed by atoms with Gasteiger partial charge in [-0.3, -0.25) is 9.55 Å². The van der Waals surface area contributed by atoms with Gasteiger partial charge in [0.1, 0.15) is 22.7 Å². The number of nitrogens with zero attached hydrogens (tertiary/aromatic N) is 3. The van der Waals surface area contributed by atoms with Crippen LogP contribution in [0, 0.1) is 0 Å². The lowest BCUT2D eigenvalue weighted by Crippen LogP contribution is -2.19.